The predicted molar refractivity (Wildman–Crippen MR) is 237 cm³/mol. The van der Waals surface area contributed by atoms with Crippen LogP contribution in [0.25, 0.3) is 80.7 Å². The van der Waals surface area contributed by atoms with E-state index in [0.29, 0.717) is 0 Å². The molecule has 2 aromatic heterocycles. The SMILES string of the molecule is c1ccc(-c2ccccc2N(c2ccc3sc4ccccc4c3c2)c2cccc3c2c2ccccc2n3-c2ccccc2-c2cccc3ccccc23)cc1. The van der Waals surface area contributed by atoms with Gasteiger partial charge in [0.15, 0.2) is 0 Å². The number of aromatic nitrogens is 1. The Morgan fingerprint density at radius 2 is 1.00 bits per heavy atom. The Labute approximate surface area is 323 Å². The normalized spacial score (nSPS) is 11.6. The third-order valence-electron chi connectivity index (χ3n) is 11.0. The van der Waals surface area contributed by atoms with Crippen molar-refractivity contribution in [3.63, 3.8) is 0 Å². The zero-order chi connectivity index (χ0) is 36.3. The van der Waals surface area contributed by atoms with Crippen LogP contribution in [0, 0.1) is 0 Å². The lowest BCUT2D eigenvalue weighted by molar-refractivity contribution is 1.18. The molecule has 2 nitrogen and oxygen atoms in total. The van der Waals surface area contributed by atoms with E-state index in [0.717, 1.165) is 28.3 Å². The van der Waals surface area contributed by atoms with E-state index in [1.54, 1.807) is 0 Å². The summed E-state index contributed by atoms with van der Waals surface area (Å²) in [5, 5.41) is 7.48. The number of nitrogens with zero attached hydrogens (tertiary/aromatic N) is 2. The van der Waals surface area contributed by atoms with Crippen molar-refractivity contribution in [2.24, 2.45) is 0 Å². The number of hydrogen-bond acceptors (Lipinski definition) is 2. The van der Waals surface area contributed by atoms with Crippen molar-refractivity contribution < 1.29 is 0 Å². The van der Waals surface area contributed by atoms with Crippen molar-refractivity contribution in [1.29, 1.82) is 0 Å². The van der Waals surface area contributed by atoms with E-state index in [1.165, 1.54) is 69.5 Å². The molecular weight excluding hydrogens is 685 g/mol. The minimum atomic E-state index is 1.12. The molecule has 0 spiro atoms. The Kier molecular flexibility index (Phi) is 7.39. The lowest BCUT2D eigenvalue weighted by Crippen LogP contribution is -2.11. The summed E-state index contributed by atoms with van der Waals surface area (Å²) >= 11 is 1.86. The van der Waals surface area contributed by atoms with Gasteiger partial charge in [-0.05, 0) is 76.5 Å². The third kappa shape index (κ3) is 5.09. The summed E-state index contributed by atoms with van der Waals surface area (Å²) in [7, 11) is 0. The van der Waals surface area contributed by atoms with Crippen molar-refractivity contribution in [2.45, 2.75) is 0 Å². The molecule has 9 aromatic carbocycles. The summed E-state index contributed by atoms with van der Waals surface area (Å²) in [4.78, 5) is 2.49. The maximum absolute atomic E-state index is 2.49. The van der Waals surface area contributed by atoms with Gasteiger partial charge in [-0.1, -0.05) is 152 Å². The zero-order valence-electron chi connectivity index (χ0n) is 29.9. The molecule has 0 aliphatic carbocycles. The minimum Gasteiger partial charge on any atom is -0.309 e. The maximum atomic E-state index is 2.49. The van der Waals surface area contributed by atoms with Gasteiger partial charge in [0.25, 0.3) is 0 Å². The second-order valence-electron chi connectivity index (χ2n) is 14.1. The van der Waals surface area contributed by atoms with Crippen LogP contribution in [-0.2, 0) is 0 Å². The average molecular weight is 719 g/mol. The second kappa shape index (κ2) is 12.9. The molecule has 0 fully saturated rings. The van der Waals surface area contributed by atoms with Gasteiger partial charge in [0.2, 0.25) is 0 Å². The van der Waals surface area contributed by atoms with Crippen LogP contribution < -0.4 is 4.90 Å². The molecule has 0 N–H and O–H groups in total. The van der Waals surface area contributed by atoms with Gasteiger partial charge < -0.3 is 9.47 Å². The highest BCUT2D eigenvalue weighted by Gasteiger charge is 2.24. The van der Waals surface area contributed by atoms with Crippen LogP contribution in [0.15, 0.2) is 206 Å². The highest BCUT2D eigenvalue weighted by molar-refractivity contribution is 7.25. The maximum Gasteiger partial charge on any atom is 0.0562 e. The number of fused-ring (bicyclic) bond motifs is 7. The van der Waals surface area contributed by atoms with E-state index in [-0.39, 0.29) is 0 Å². The van der Waals surface area contributed by atoms with Crippen molar-refractivity contribution in [3.05, 3.63) is 206 Å². The highest BCUT2D eigenvalue weighted by Crippen LogP contribution is 2.48. The number of para-hydroxylation sites is 3. The monoisotopic (exact) mass is 718 g/mol. The number of anilines is 3. The molecule has 0 amide bonds. The molecule has 0 unspecified atom stereocenters. The van der Waals surface area contributed by atoms with Crippen LogP contribution in [0.1, 0.15) is 0 Å². The molecule has 11 rings (SSSR count). The first-order valence-electron chi connectivity index (χ1n) is 18.8. The Morgan fingerprint density at radius 1 is 0.382 bits per heavy atom. The van der Waals surface area contributed by atoms with Gasteiger partial charge in [0.05, 0.1) is 28.1 Å². The van der Waals surface area contributed by atoms with Crippen molar-refractivity contribution in [1.82, 2.24) is 4.57 Å². The number of benzene rings is 9. The van der Waals surface area contributed by atoms with Crippen molar-refractivity contribution >= 4 is 81.1 Å². The zero-order valence-corrected chi connectivity index (χ0v) is 30.7. The summed E-state index contributed by atoms with van der Waals surface area (Å²) in [6, 6.07) is 75.2. The summed E-state index contributed by atoms with van der Waals surface area (Å²) < 4.78 is 5.07. The minimum absolute atomic E-state index is 1.12. The first kappa shape index (κ1) is 31.6. The van der Waals surface area contributed by atoms with Gasteiger partial charge in [-0.3, -0.25) is 0 Å². The molecule has 0 radical (unpaired) electrons. The molecule has 11 aromatic rings. The summed E-state index contributed by atoms with van der Waals surface area (Å²) in [5.74, 6) is 0. The van der Waals surface area contributed by atoms with Gasteiger partial charge in [-0.15, -0.1) is 11.3 Å². The smallest absolute Gasteiger partial charge is 0.0562 e. The standard InChI is InChI=1S/C52H34N2S/c1-2-16-36(17-3-1)39-21-6-10-26-45(39)53(37-32-33-51-44(34-37)42-23-9-13-31-50(42)55-51)48-29-15-30-49-52(48)43-24-8-12-28-47(43)54(49)46-27-11-7-22-41(46)40-25-14-19-35-18-4-5-20-38(35)40/h1-34H. The van der Waals surface area contributed by atoms with Crippen LogP contribution in [0.5, 0.6) is 0 Å². The molecule has 55 heavy (non-hydrogen) atoms. The van der Waals surface area contributed by atoms with Crippen LogP contribution in [0.2, 0.25) is 0 Å². The second-order valence-corrected chi connectivity index (χ2v) is 15.1. The topological polar surface area (TPSA) is 8.17 Å². The van der Waals surface area contributed by atoms with Gasteiger partial charge in [0.1, 0.15) is 0 Å². The van der Waals surface area contributed by atoms with Crippen LogP contribution in [0.3, 0.4) is 0 Å². The Balaban J connectivity index is 1.22. The van der Waals surface area contributed by atoms with Gasteiger partial charge in [0, 0.05) is 47.8 Å². The molecule has 0 aliphatic heterocycles. The number of hydrogen-bond donors (Lipinski definition) is 0. The van der Waals surface area contributed by atoms with E-state index < -0.39 is 0 Å². The highest BCUT2D eigenvalue weighted by atomic mass is 32.1. The summed E-state index contributed by atoms with van der Waals surface area (Å²) in [6.45, 7) is 0. The molecule has 0 aliphatic rings. The lowest BCUT2D eigenvalue weighted by atomic mass is 9.97. The first-order valence-corrected chi connectivity index (χ1v) is 19.6. The molecule has 258 valence electrons. The summed E-state index contributed by atoms with van der Waals surface area (Å²) in [5.41, 5.74) is 11.7. The molecule has 0 saturated heterocycles. The van der Waals surface area contributed by atoms with Crippen molar-refractivity contribution in [3.8, 4) is 27.9 Å². The van der Waals surface area contributed by atoms with E-state index in [4.69, 9.17) is 0 Å². The quantitative estimate of drug-likeness (QED) is 0.166. The molecular formula is C52H34N2S. The fourth-order valence-electron chi connectivity index (χ4n) is 8.59. The average Bonchev–Trinajstić information content (AvgIpc) is 3.80. The first-order chi connectivity index (χ1) is 27.3. The number of rotatable bonds is 6. The molecule has 3 heteroatoms. The fraction of sp³-hybridized carbons (Fsp3) is 0. The van der Waals surface area contributed by atoms with E-state index in [2.05, 4.69) is 216 Å². The molecule has 0 saturated carbocycles. The largest absolute Gasteiger partial charge is 0.309 e. The van der Waals surface area contributed by atoms with Gasteiger partial charge >= 0.3 is 0 Å². The Hall–Kier alpha value is -6.94. The third-order valence-corrected chi connectivity index (χ3v) is 12.1. The predicted octanol–water partition coefficient (Wildman–Crippen LogP) is 15.1. The lowest BCUT2D eigenvalue weighted by Gasteiger charge is -2.29. The van der Waals surface area contributed by atoms with Crippen LogP contribution >= 0.6 is 11.3 Å². The Bertz CT molecular complexity index is 3220. The molecule has 0 bridgehead atoms. The van der Waals surface area contributed by atoms with Gasteiger partial charge in [-0.25, -0.2) is 0 Å². The van der Waals surface area contributed by atoms with E-state index in [1.807, 2.05) is 11.3 Å². The Morgan fingerprint density at radius 3 is 1.91 bits per heavy atom. The summed E-state index contributed by atoms with van der Waals surface area (Å²) in [6.07, 6.45) is 0. The molecule has 2 heterocycles. The van der Waals surface area contributed by atoms with Crippen LogP contribution in [-0.4, -0.2) is 4.57 Å². The van der Waals surface area contributed by atoms with Gasteiger partial charge in [-0.2, -0.15) is 0 Å². The van der Waals surface area contributed by atoms with Crippen molar-refractivity contribution in [2.75, 3.05) is 4.90 Å². The molecule has 0 atom stereocenters. The van der Waals surface area contributed by atoms with E-state index >= 15 is 0 Å². The van der Waals surface area contributed by atoms with Crippen LogP contribution in [0.4, 0.5) is 17.1 Å². The van der Waals surface area contributed by atoms with E-state index in [9.17, 15) is 0 Å². The number of thiophene rings is 1. The fourth-order valence-corrected chi connectivity index (χ4v) is 9.68.